The number of benzene rings is 2. The minimum absolute atomic E-state index is 0.422. The highest BCUT2D eigenvalue weighted by Gasteiger charge is 1.98. The molecule has 0 aliphatic heterocycles. The Hall–Kier alpha value is -2.58. The van der Waals surface area contributed by atoms with E-state index in [1.54, 1.807) is 12.3 Å². The van der Waals surface area contributed by atoms with E-state index in [0.29, 0.717) is 10.7 Å². The lowest BCUT2D eigenvalue weighted by molar-refractivity contribution is 1.25. The summed E-state index contributed by atoms with van der Waals surface area (Å²) in [5.41, 5.74) is 9.48. The first-order chi connectivity index (χ1) is 10.7. The van der Waals surface area contributed by atoms with Gasteiger partial charge in [-0.05, 0) is 35.7 Å². The summed E-state index contributed by atoms with van der Waals surface area (Å²) in [6.07, 6.45) is 1.63. The molecule has 0 spiro atoms. The lowest BCUT2D eigenvalue weighted by atomic mass is 10.1. The Balaban J connectivity index is 1.93. The van der Waals surface area contributed by atoms with Gasteiger partial charge in [-0.25, -0.2) is 0 Å². The standard InChI is InChI=1S/C17H16N4S/c1-13-9-15(7-8-16(13)10-18)11-20-21-17(19)22-12-14-5-3-2-4-6-14/h2-9,11H,12H2,1H3,(H2,19,21). The normalized spacial score (nSPS) is 11.5. The lowest BCUT2D eigenvalue weighted by Gasteiger charge is -1.99. The summed E-state index contributed by atoms with van der Waals surface area (Å²) >= 11 is 1.44. The number of hydrogen-bond donors (Lipinski definition) is 1. The van der Waals surface area contributed by atoms with Gasteiger partial charge in [0.2, 0.25) is 0 Å². The molecule has 0 radical (unpaired) electrons. The van der Waals surface area contributed by atoms with Crippen LogP contribution in [0, 0.1) is 18.3 Å². The molecule has 0 atom stereocenters. The summed E-state index contributed by atoms with van der Waals surface area (Å²) in [6, 6.07) is 17.7. The van der Waals surface area contributed by atoms with E-state index < -0.39 is 0 Å². The molecule has 0 aliphatic carbocycles. The van der Waals surface area contributed by atoms with Crippen molar-refractivity contribution in [2.24, 2.45) is 15.9 Å². The average Bonchev–Trinajstić information content (AvgIpc) is 2.54. The van der Waals surface area contributed by atoms with Gasteiger partial charge >= 0.3 is 0 Å². The summed E-state index contributed by atoms with van der Waals surface area (Å²) in [7, 11) is 0. The molecule has 2 aromatic rings. The Morgan fingerprint density at radius 3 is 2.73 bits per heavy atom. The van der Waals surface area contributed by atoms with Crippen molar-refractivity contribution in [2.75, 3.05) is 0 Å². The van der Waals surface area contributed by atoms with Crippen molar-refractivity contribution >= 4 is 23.1 Å². The zero-order valence-electron chi connectivity index (χ0n) is 12.2. The van der Waals surface area contributed by atoms with Gasteiger partial charge in [0.25, 0.3) is 0 Å². The van der Waals surface area contributed by atoms with Crippen molar-refractivity contribution in [1.29, 1.82) is 5.26 Å². The predicted molar refractivity (Wildman–Crippen MR) is 92.8 cm³/mol. The largest absolute Gasteiger partial charge is 0.377 e. The quantitative estimate of drug-likeness (QED) is 0.534. The highest BCUT2D eigenvalue weighted by Crippen LogP contribution is 2.12. The SMILES string of the molecule is Cc1cc(C=NN=C(N)SCc2ccccc2)ccc1C#N. The summed E-state index contributed by atoms with van der Waals surface area (Å²) in [4.78, 5) is 0. The molecular weight excluding hydrogens is 292 g/mol. The van der Waals surface area contributed by atoms with E-state index in [9.17, 15) is 0 Å². The van der Waals surface area contributed by atoms with Gasteiger partial charge in [0.1, 0.15) is 0 Å². The number of thioether (sulfide) groups is 1. The van der Waals surface area contributed by atoms with Gasteiger partial charge < -0.3 is 5.73 Å². The molecule has 4 nitrogen and oxygen atoms in total. The maximum absolute atomic E-state index is 8.89. The summed E-state index contributed by atoms with van der Waals surface area (Å²) in [6.45, 7) is 1.89. The Kier molecular flexibility index (Phi) is 5.75. The van der Waals surface area contributed by atoms with E-state index >= 15 is 0 Å². The number of amidine groups is 1. The molecule has 22 heavy (non-hydrogen) atoms. The topological polar surface area (TPSA) is 74.5 Å². The van der Waals surface area contributed by atoms with E-state index in [0.717, 1.165) is 16.9 Å². The molecule has 0 bridgehead atoms. The van der Waals surface area contributed by atoms with Gasteiger partial charge in [-0.1, -0.05) is 48.2 Å². The van der Waals surface area contributed by atoms with E-state index in [1.165, 1.54) is 17.3 Å². The molecular formula is C17H16N4S. The van der Waals surface area contributed by atoms with Gasteiger partial charge in [-0.15, -0.1) is 5.10 Å². The highest BCUT2D eigenvalue weighted by atomic mass is 32.2. The number of hydrogen-bond acceptors (Lipinski definition) is 4. The van der Waals surface area contributed by atoms with Crippen LogP contribution >= 0.6 is 11.8 Å². The first-order valence-corrected chi connectivity index (χ1v) is 7.71. The minimum Gasteiger partial charge on any atom is -0.377 e. The molecule has 0 amide bonds. The molecule has 0 aromatic heterocycles. The molecule has 0 saturated heterocycles. The van der Waals surface area contributed by atoms with Gasteiger partial charge in [0.15, 0.2) is 5.17 Å². The first kappa shape index (κ1) is 15.8. The van der Waals surface area contributed by atoms with Gasteiger partial charge in [-0.2, -0.15) is 10.4 Å². The van der Waals surface area contributed by atoms with Crippen molar-refractivity contribution in [3.63, 3.8) is 0 Å². The molecule has 0 fully saturated rings. The first-order valence-electron chi connectivity index (χ1n) is 6.73. The van der Waals surface area contributed by atoms with Crippen molar-refractivity contribution in [3.05, 3.63) is 70.8 Å². The van der Waals surface area contributed by atoms with E-state index in [4.69, 9.17) is 11.0 Å². The fraction of sp³-hybridized carbons (Fsp3) is 0.118. The van der Waals surface area contributed by atoms with Crippen LogP contribution in [0.4, 0.5) is 0 Å². The fourth-order valence-electron chi connectivity index (χ4n) is 1.81. The lowest BCUT2D eigenvalue weighted by Crippen LogP contribution is -2.06. The highest BCUT2D eigenvalue weighted by molar-refractivity contribution is 8.13. The van der Waals surface area contributed by atoms with Crippen LogP contribution < -0.4 is 5.73 Å². The van der Waals surface area contributed by atoms with Crippen LogP contribution in [0.1, 0.15) is 22.3 Å². The Morgan fingerprint density at radius 1 is 1.27 bits per heavy atom. The Morgan fingerprint density at radius 2 is 2.05 bits per heavy atom. The maximum atomic E-state index is 8.89. The number of nitrogens with two attached hydrogens (primary N) is 1. The second-order valence-corrected chi connectivity index (χ2v) is 5.64. The van der Waals surface area contributed by atoms with Crippen LogP contribution in [0.5, 0.6) is 0 Å². The third-order valence-corrected chi connectivity index (χ3v) is 3.82. The second kappa shape index (κ2) is 8.01. The van der Waals surface area contributed by atoms with Crippen molar-refractivity contribution < 1.29 is 0 Å². The van der Waals surface area contributed by atoms with Gasteiger partial charge in [0, 0.05) is 5.75 Å². The predicted octanol–water partition coefficient (Wildman–Crippen LogP) is 3.45. The maximum Gasteiger partial charge on any atom is 0.180 e. The molecule has 5 heteroatoms. The zero-order chi connectivity index (χ0) is 15.8. The van der Waals surface area contributed by atoms with Crippen molar-refractivity contribution in [3.8, 4) is 6.07 Å². The fourth-order valence-corrected chi connectivity index (χ4v) is 2.42. The van der Waals surface area contributed by atoms with Crippen molar-refractivity contribution in [1.82, 2.24) is 0 Å². The molecule has 2 rings (SSSR count). The number of nitrogens with zero attached hydrogens (tertiary/aromatic N) is 3. The molecule has 2 N–H and O–H groups in total. The van der Waals surface area contributed by atoms with Crippen LogP contribution in [0.2, 0.25) is 0 Å². The molecule has 0 heterocycles. The van der Waals surface area contributed by atoms with E-state index in [-0.39, 0.29) is 0 Å². The summed E-state index contributed by atoms with van der Waals surface area (Å²) in [5.74, 6) is 0.766. The number of aryl methyl sites for hydroxylation is 1. The molecule has 110 valence electrons. The van der Waals surface area contributed by atoms with E-state index in [2.05, 4.69) is 16.3 Å². The third kappa shape index (κ3) is 4.76. The Bertz CT molecular complexity index is 730. The molecule has 0 aliphatic rings. The van der Waals surface area contributed by atoms with Crippen LogP contribution in [0.25, 0.3) is 0 Å². The van der Waals surface area contributed by atoms with Crippen LogP contribution in [-0.4, -0.2) is 11.4 Å². The molecule has 2 aromatic carbocycles. The number of rotatable bonds is 4. The zero-order valence-corrected chi connectivity index (χ0v) is 13.0. The number of nitriles is 1. The van der Waals surface area contributed by atoms with Crippen molar-refractivity contribution in [2.45, 2.75) is 12.7 Å². The van der Waals surface area contributed by atoms with Crippen LogP contribution in [0.15, 0.2) is 58.7 Å². The minimum atomic E-state index is 0.422. The van der Waals surface area contributed by atoms with Gasteiger partial charge in [0.05, 0.1) is 17.8 Å². The smallest absolute Gasteiger partial charge is 0.180 e. The average molecular weight is 308 g/mol. The summed E-state index contributed by atoms with van der Waals surface area (Å²) < 4.78 is 0. The Labute approximate surface area is 134 Å². The molecule has 0 saturated carbocycles. The second-order valence-electron chi connectivity index (χ2n) is 4.64. The summed E-state index contributed by atoms with van der Waals surface area (Å²) in [5, 5.41) is 17.3. The monoisotopic (exact) mass is 308 g/mol. The van der Waals surface area contributed by atoms with E-state index in [1.807, 2.05) is 49.4 Å². The third-order valence-electron chi connectivity index (χ3n) is 2.96. The molecule has 0 unspecified atom stereocenters. The van der Waals surface area contributed by atoms with Crippen LogP contribution in [0.3, 0.4) is 0 Å². The van der Waals surface area contributed by atoms with Crippen LogP contribution in [-0.2, 0) is 5.75 Å². The van der Waals surface area contributed by atoms with Gasteiger partial charge in [-0.3, -0.25) is 0 Å².